The van der Waals surface area contributed by atoms with E-state index in [1.54, 1.807) is 42.7 Å². The SMILES string of the molecule is COc1ccc(N(c2ccc(OC)cc2)c2ccc(N(c3ccccc3)c3cc(N(c4ccccc4)c4ccc(N(c5ccc(OC)cc5)c5ccc(OC)cc5)cc4)cc(N(c4ccccc4)c4ccc(N(c5ccc(OC)cc5)c5ccc(OC)cc5)cc4)c3)cc2)cc1. The van der Waals surface area contributed by atoms with Gasteiger partial charge in [-0.1, -0.05) is 54.6 Å². The minimum Gasteiger partial charge on any atom is -0.497 e. The van der Waals surface area contributed by atoms with Gasteiger partial charge in [0.1, 0.15) is 34.5 Å². The Morgan fingerprint density at radius 3 is 0.385 bits per heavy atom. The Kier molecular flexibility index (Phi) is 18.8. The van der Waals surface area contributed by atoms with Crippen LogP contribution in [0.15, 0.2) is 328 Å². The van der Waals surface area contributed by atoms with E-state index >= 15 is 0 Å². The van der Waals surface area contributed by atoms with Crippen LogP contribution in [0.4, 0.5) is 102 Å². The number of anilines is 18. The molecule has 96 heavy (non-hydrogen) atoms. The van der Waals surface area contributed by atoms with E-state index in [1.807, 2.05) is 72.8 Å². The summed E-state index contributed by atoms with van der Waals surface area (Å²) in [6.45, 7) is 0. The van der Waals surface area contributed by atoms with E-state index in [9.17, 15) is 0 Å². The maximum absolute atomic E-state index is 5.61. The molecular weight excluding hydrogens is 1190 g/mol. The zero-order valence-electron chi connectivity index (χ0n) is 54.3. The van der Waals surface area contributed by atoms with Gasteiger partial charge in [-0.3, -0.25) is 0 Å². The maximum Gasteiger partial charge on any atom is 0.119 e. The van der Waals surface area contributed by atoms with Crippen LogP contribution >= 0.6 is 0 Å². The Bertz CT molecular complexity index is 3980. The summed E-state index contributed by atoms with van der Waals surface area (Å²) in [4.78, 5) is 13.7. The van der Waals surface area contributed by atoms with Crippen LogP contribution in [0.2, 0.25) is 0 Å². The average Bonchev–Trinajstić information content (AvgIpc) is 0.771. The molecule has 0 saturated heterocycles. The molecule has 0 aromatic heterocycles. The first-order valence-corrected chi connectivity index (χ1v) is 31.6. The Labute approximate surface area is 562 Å². The lowest BCUT2D eigenvalue weighted by Crippen LogP contribution is -2.17. The summed E-state index contributed by atoms with van der Waals surface area (Å²) in [5.74, 6) is 4.65. The molecule has 12 heteroatoms. The summed E-state index contributed by atoms with van der Waals surface area (Å²) < 4.78 is 33.7. The minimum absolute atomic E-state index is 0.775. The molecule has 0 heterocycles. The fourth-order valence-corrected chi connectivity index (χ4v) is 12.0. The first kappa shape index (κ1) is 62.3. The fourth-order valence-electron chi connectivity index (χ4n) is 12.0. The van der Waals surface area contributed by atoms with Crippen LogP contribution < -0.4 is 57.8 Å². The molecule has 474 valence electrons. The van der Waals surface area contributed by atoms with Crippen LogP contribution in [0.25, 0.3) is 0 Å². The zero-order valence-corrected chi connectivity index (χ0v) is 54.3. The van der Waals surface area contributed by atoms with Gasteiger partial charge in [-0.25, -0.2) is 0 Å². The molecule has 0 aliphatic rings. The highest BCUT2D eigenvalue weighted by molar-refractivity contribution is 5.91. The topological polar surface area (TPSA) is 74.8 Å². The van der Waals surface area contributed by atoms with Crippen molar-refractivity contribution in [3.8, 4) is 34.5 Å². The maximum atomic E-state index is 5.61. The molecule has 0 radical (unpaired) electrons. The van der Waals surface area contributed by atoms with Crippen molar-refractivity contribution in [1.29, 1.82) is 0 Å². The normalized spacial score (nSPS) is 10.8. The van der Waals surface area contributed by atoms with Crippen molar-refractivity contribution in [2.24, 2.45) is 0 Å². The van der Waals surface area contributed by atoms with Gasteiger partial charge < -0.3 is 57.8 Å². The van der Waals surface area contributed by atoms with Gasteiger partial charge in [0.25, 0.3) is 0 Å². The van der Waals surface area contributed by atoms with Gasteiger partial charge in [0, 0.05) is 85.3 Å². The van der Waals surface area contributed by atoms with Gasteiger partial charge in [-0.15, -0.1) is 0 Å². The quantitative estimate of drug-likeness (QED) is 0.0578. The molecule has 0 amide bonds. The van der Waals surface area contributed by atoms with Crippen molar-refractivity contribution < 1.29 is 28.4 Å². The third kappa shape index (κ3) is 13.5. The van der Waals surface area contributed by atoms with Crippen molar-refractivity contribution in [1.82, 2.24) is 0 Å². The van der Waals surface area contributed by atoms with Crippen molar-refractivity contribution in [2.75, 3.05) is 72.1 Å². The van der Waals surface area contributed by atoms with Crippen LogP contribution in [0.5, 0.6) is 34.5 Å². The Hall–Kier alpha value is -12.5. The van der Waals surface area contributed by atoms with Crippen LogP contribution in [0.1, 0.15) is 0 Å². The van der Waals surface area contributed by atoms with E-state index in [1.165, 1.54) is 0 Å². The molecule has 13 aromatic rings. The molecular formula is C84H72N6O6. The van der Waals surface area contributed by atoms with Crippen LogP contribution in [-0.2, 0) is 0 Å². The second-order valence-corrected chi connectivity index (χ2v) is 22.5. The molecule has 0 aliphatic carbocycles. The Morgan fingerprint density at radius 1 is 0.135 bits per heavy atom. The molecule has 12 nitrogen and oxygen atoms in total. The smallest absolute Gasteiger partial charge is 0.119 e. The lowest BCUT2D eigenvalue weighted by Gasteiger charge is -2.33. The largest absolute Gasteiger partial charge is 0.497 e. The number of methoxy groups -OCH3 is 6. The number of nitrogens with zero attached hydrogens (tertiary/aromatic N) is 6. The van der Waals surface area contributed by atoms with E-state index in [4.69, 9.17) is 28.4 Å². The van der Waals surface area contributed by atoms with E-state index < -0.39 is 0 Å². The second kappa shape index (κ2) is 29.0. The highest BCUT2D eigenvalue weighted by Gasteiger charge is 2.25. The number of benzene rings is 13. The van der Waals surface area contributed by atoms with Gasteiger partial charge in [-0.05, 0) is 273 Å². The first-order valence-electron chi connectivity index (χ1n) is 31.6. The highest BCUT2D eigenvalue weighted by atomic mass is 16.5. The number of ether oxygens (including phenoxy) is 6. The molecule has 0 fully saturated rings. The number of para-hydroxylation sites is 3. The van der Waals surface area contributed by atoms with Gasteiger partial charge >= 0.3 is 0 Å². The van der Waals surface area contributed by atoms with Crippen molar-refractivity contribution in [2.45, 2.75) is 0 Å². The molecule has 0 unspecified atom stereocenters. The molecule has 13 rings (SSSR count). The summed E-state index contributed by atoms with van der Waals surface area (Å²) in [6, 6.07) is 114. The molecule has 0 bridgehead atoms. The van der Waals surface area contributed by atoms with Crippen molar-refractivity contribution >= 4 is 102 Å². The molecule has 0 spiro atoms. The minimum atomic E-state index is 0.775. The first-order chi connectivity index (χ1) is 47.3. The summed E-state index contributed by atoms with van der Waals surface area (Å²) in [6.07, 6.45) is 0. The van der Waals surface area contributed by atoms with Crippen molar-refractivity contribution in [3.63, 3.8) is 0 Å². The molecule has 0 saturated carbocycles. The van der Waals surface area contributed by atoms with E-state index in [-0.39, 0.29) is 0 Å². The monoisotopic (exact) mass is 1260 g/mol. The van der Waals surface area contributed by atoms with E-state index in [0.29, 0.717) is 0 Å². The molecule has 0 aliphatic heterocycles. The molecule has 13 aromatic carbocycles. The molecule has 0 N–H and O–H groups in total. The van der Waals surface area contributed by atoms with Crippen LogP contribution in [-0.4, -0.2) is 42.7 Å². The predicted octanol–water partition coefficient (Wildman–Crippen LogP) is 22.6. The van der Waals surface area contributed by atoms with E-state index in [0.717, 1.165) is 137 Å². The zero-order chi connectivity index (χ0) is 65.7. The summed E-state index contributed by atoms with van der Waals surface area (Å²) >= 11 is 0. The standard InChI is InChI=1S/C84H72N6O6/c1-91-79-46-34-70(35-47-79)85(71-36-48-80(92-2)49-37-71)64-22-28-67(29-23-64)88(61-16-10-7-11-17-61)76-58-77(89(62-18-12-8-13-19-62)68-30-24-65(25-31-68)86(72-38-50-81(93-3)51-39-72)73-40-52-82(94-4)53-41-73)60-78(59-76)90(63-20-14-9-15-21-63)69-32-26-66(27-33-69)87(74-42-54-83(95-5)55-43-74)75-44-56-84(96-6)57-45-75/h7-60H,1-6H3. The lowest BCUT2D eigenvalue weighted by molar-refractivity contribution is 0.414. The third-order valence-corrected chi connectivity index (χ3v) is 16.8. The van der Waals surface area contributed by atoms with Gasteiger partial charge in [0.2, 0.25) is 0 Å². The summed E-state index contributed by atoms with van der Waals surface area (Å²) in [7, 11) is 10.1. The van der Waals surface area contributed by atoms with Gasteiger partial charge in [0.05, 0.1) is 59.7 Å². The van der Waals surface area contributed by atoms with Gasteiger partial charge in [-0.2, -0.15) is 0 Å². The predicted molar refractivity (Wildman–Crippen MR) is 394 cm³/mol. The van der Waals surface area contributed by atoms with Crippen molar-refractivity contribution in [3.05, 3.63) is 328 Å². The highest BCUT2D eigenvalue weighted by Crippen LogP contribution is 2.49. The van der Waals surface area contributed by atoms with Crippen LogP contribution in [0, 0.1) is 0 Å². The van der Waals surface area contributed by atoms with Gasteiger partial charge in [0.15, 0.2) is 0 Å². The lowest BCUT2D eigenvalue weighted by atomic mass is 10.1. The Balaban J connectivity index is 0.997. The summed E-state index contributed by atoms with van der Waals surface area (Å²) in [5, 5.41) is 0. The summed E-state index contributed by atoms with van der Waals surface area (Å²) in [5.41, 5.74) is 17.2. The molecule has 0 atom stereocenters. The van der Waals surface area contributed by atoms with E-state index in [2.05, 4.69) is 284 Å². The third-order valence-electron chi connectivity index (χ3n) is 16.8. The fraction of sp³-hybridized carbons (Fsp3) is 0.0714. The number of rotatable bonds is 24. The second-order valence-electron chi connectivity index (χ2n) is 22.5. The number of hydrogen-bond donors (Lipinski definition) is 0. The van der Waals surface area contributed by atoms with Crippen LogP contribution in [0.3, 0.4) is 0 Å². The average molecular weight is 1260 g/mol. The number of hydrogen-bond acceptors (Lipinski definition) is 12. The Morgan fingerprint density at radius 2 is 0.250 bits per heavy atom.